The molecule has 1 aliphatic rings. The number of pyridine rings is 1. The summed E-state index contributed by atoms with van der Waals surface area (Å²) in [7, 11) is 1.67. The summed E-state index contributed by atoms with van der Waals surface area (Å²) in [5, 5.41) is 5.60. The number of carbonyl (C=O) groups is 1. The number of rotatable bonds is 4. The molecule has 6 nitrogen and oxygen atoms in total. The lowest BCUT2D eigenvalue weighted by atomic mass is 10.1. The highest BCUT2D eigenvalue weighted by atomic mass is 16.2. The van der Waals surface area contributed by atoms with E-state index in [1.54, 1.807) is 13.2 Å². The van der Waals surface area contributed by atoms with Crippen LogP contribution in [-0.2, 0) is 7.05 Å². The van der Waals surface area contributed by atoms with E-state index >= 15 is 0 Å². The fourth-order valence-corrected chi connectivity index (χ4v) is 2.82. The Hall–Kier alpha value is -1.82. The molecule has 1 aromatic heterocycles. The summed E-state index contributed by atoms with van der Waals surface area (Å²) in [6.07, 6.45) is 5.46. The number of aryl methyl sites for hydroxylation is 2. The molecule has 122 valence electrons. The Morgan fingerprint density at radius 1 is 1.32 bits per heavy atom. The fraction of sp³-hybridized carbons (Fsp3) is 0.625. The molecule has 1 fully saturated rings. The van der Waals surface area contributed by atoms with Crippen LogP contribution in [0.3, 0.4) is 0 Å². The molecule has 1 unspecified atom stereocenters. The summed E-state index contributed by atoms with van der Waals surface area (Å²) in [6.45, 7) is 6.86. The zero-order valence-corrected chi connectivity index (χ0v) is 13.7. The van der Waals surface area contributed by atoms with Crippen LogP contribution < -0.4 is 16.2 Å². The van der Waals surface area contributed by atoms with Crippen LogP contribution in [0.2, 0.25) is 0 Å². The first-order chi connectivity index (χ1) is 10.5. The van der Waals surface area contributed by atoms with Crippen molar-refractivity contribution in [3.8, 4) is 0 Å². The van der Waals surface area contributed by atoms with Crippen LogP contribution in [0, 0.1) is 6.92 Å². The number of aromatic nitrogens is 1. The molecule has 2 heterocycles. The van der Waals surface area contributed by atoms with Gasteiger partial charge < -0.3 is 20.1 Å². The van der Waals surface area contributed by atoms with E-state index in [9.17, 15) is 9.59 Å². The lowest BCUT2D eigenvalue weighted by Gasteiger charge is -2.29. The molecule has 1 atom stereocenters. The van der Waals surface area contributed by atoms with Crippen LogP contribution in [0.1, 0.15) is 31.7 Å². The van der Waals surface area contributed by atoms with Crippen LogP contribution in [0.15, 0.2) is 17.1 Å². The highest BCUT2D eigenvalue weighted by Crippen LogP contribution is 2.09. The summed E-state index contributed by atoms with van der Waals surface area (Å²) < 4.78 is 1.46. The Morgan fingerprint density at radius 2 is 2.00 bits per heavy atom. The molecule has 0 aliphatic carbocycles. The number of carbonyl (C=O) groups excluding carboxylic acids is 1. The molecule has 1 saturated heterocycles. The second-order valence-corrected chi connectivity index (χ2v) is 6.15. The zero-order valence-electron chi connectivity index (χ0n) is 13.7. The third-order valence-electron chi connectivity index (χ3n) is 4.07. The molecule has 2 N–H and O–H groups in total. The number of hydrogen-bond acceptors (Lipinski definition) is 3. The third-order valence-corrected chi connectivity index (χ3v) is 4.07. The number of nitrogens with zero attached hydrogens (tertiary/aromatic N) is 2. The molecule has 0 saturated carbocycles. The molecule has 0 spiro atoms. The van der Waals surface area contributed by atoms with E-state index in [0.717, 1.165) is 25.2 Å². The first-order valence-corrected chi connectivity index (χ1v) is 7.93. The molecule has 1 aromatic rings. The maximum atomic E-state index is 12.1. The van der Waals surface area contributed by atoms with E-state index in [4.69, 9.17) is 0 Å². The Bertz CT molecular complexity index is 576. The van der Waals surface area contributed by atoms with E-state index < -0.39 is 0 Å². The fourth-order valence-electron chi connectivity index (χ4n) is 2.82. The minimum Gasteiger partial charge on any atom is -0.334 e. The smallest absolute Gasteiger partial charge is 0.319 e. The van der Waals surface area contributed by atoms with Crippen molar-refractivity contribution in [2.45, 2.75) is 39.2 Å². The SMILES string of the molecule is Cc1ccn(C)c(=O)c1NC(=O)NC(C)CN1CCCCC1. The summed E-state index contributed by atoms with van der Waals surface area (Å²) in [5.74, 6) is 0. The Morgan fingerprint density at radius 3 is 2.68 bits per heavy atom. The van der Waals surface area contributed by atoms with Gasteiger partial charge in [-0.3, -0.25) is 4.79 Å². The predicted octanol–water partition coefficient (Wildman–Crippen LogP) is 1.69. The predicted molar refractivity (Wildman–Crippen MR) is 88.3 cm³/mol. The van der Waals surface area contributed by atoms with Gasteiger partial charge in [0.05, 0.1) is 0 Å². The van der Waals surface area contributed by atoms with Gasteiger partial charge in [-0.15, -0.1) is 0 Å². The highest BCUT2D eigenvalue weighted by molar-refractivity contribution is 5.89. The average molecular weight is 306 g/mol. The number of amides is 2. The van der Waals surface area contributed by atoms with Crippen molar-refractivity contribution < 1.29 is 4.79 Å². The maximum absolute atomic E-state index is 12.1. The lowest BCUT2D eigenvalue weighted by Crippen LogP contribution is -2.45. The Kier molecular flexibility index (Phi) is 5.60. The van der Waals surface area contributed by atoms with E-state index in [0.29, 0.717) is 5.69 Å². The van der Waals surface area contributed by atoms with Gasteiger partial charge in [-0.2, -0.15) is 0 Å². The first kappa shape index (κ1) is 16.5. The second kappa shape index (κ2) is 7.45. The summed E-state index contributed by atoms with van der Waals surface area (Å²) in [6, 6.07) is 1.54. The van der Waals surface area contributed by atoms with Crippen molar-refractivity contribution in [1.82, 2.24) is 14.8 Å². The number of piperidine rings is 1. The van der Waals surface area contributed by atoms with Crippen molar-refractivity contribution in [3.63, 3.8) is 0 Å². The Labute approximate surface area is 131 Å². The largest absolute Gasteiger partial charge is 0.334 e. The lowest BCUT2D eigenvalue weighted by molar-refractivity contribution is 0.206. The number of likely N-dealkylation sites (tertiary alicyclic amines) is 1. The van der Waals surface area contributed by atoms with Crippen molar-refractivity contribution in [1.29, 1.82) is 0 Å². The molecule has 1 aliphatic heterocycles. The molecule has 2 rings (SSSR count). The molecule has 2 amide bonds. The van der Waals surface area contributed by atoms with Crippen LogP contribution in [0.4, 0.5) is 10.5 Å². The monoisotopic (exact) mass is 306 g/mol. The summed E-state index contributed by atoms with van der Waals surface area (Å²) >= 11 is 0. The highest BCUT2D eigenvalue weighted by Gasteiger charge is 2.16. The molecular formula is C16H26N4O2. The van der Waals surface area contributed by atoms with Gasteiger partial charge >= 0.3 is 6.03 Å². The molecule has 0 bridgehead atoms. The van der Waals surface area contributed by atoms with Crippen molar-refractivity contribution in [2.24, 2.45) is 7.05 Å². The number of anilines is 1. The number of hydrogen-bond donors (Lipinski definition) is 2. The van der Waals surface area contributed by atoms with Crippen LogP contribution in [0.25, 0.3) is 0 Å². The van der Waals surface area contributed by atoms with Crippen molar-refractivity contribution >= 4 is 11.7 Å². The van der Waals surface area contributed by atoms with Gasteiger partial charge in [0.1, 0.15) is 5.69 Å². The van der Waals surface area contributed by atoms with Gasteiger partial charge in [0.25, 0.3) is 5.56 Å². The minimum atomic E-state index is -0.323. The van der Waals surface area contributed by atoms with Gasteiger partial charge in [-0.05, 0) is 51.4 Å². The normalized spacial score (nSPS) is 17.0. The van der Waals surface area contributed by atoms with E-state index in [1.165, 1.54) is 23.8 Å². The first-order valence-electron chi connectivity index (χ1n) is 7.93. The Balaban J connectivity index is 1.90. The molecule has 0 radical (unpaired) electrons. The average Bonchev–Trinajstić information content (AvgIpc) is 2.48. The van der Waals surface area contributed by atoms with Crippen LogP contribution in [0.5, 0.6) is 0 Å². The topological polar surface area (TPSA) is 66.4 Å². The minimum absolute atomic E-state index is 0.0472. The molecule has 22 heavy (non-hydrogen) atoms. The maximum Gasteiger partial charge on any atom is 0.319 e. The number of urea groups is 1. The quantitative estimate of drug-likeness (QED) is 0.889. The van der Waals surface area contributed by atoms with Crippen LogP contribution >= 0.6 is 0 Å². The van der Waals surface area contributed by atoms with E-state index in [-0.39, 0.29) is 17.6 Å². The molecular weight excluding hydrogens is 280 g/mol. The van der Waals surface area contributed by atoms with E-state index in [1.807, 2.05) is 19.9 Å². The van der Waals surface area contributed by atoms with Gasteiger partial charge in [0.15, 0.2) is 0 Å². The third kappa shape index (κ3) is 4.34. The van der Waals surface area contributed by atoms with Gasteiger partial charge in [0, 0.05) is 25.8 Å². The molecule has 0 aromatic carbocycles. The zero-order chi connectivity index (χ0) is 16.1. The second-order valence-electron chi connectivity index (χ2n) is 6.15. The van der Waals surface area contributed by atoms with Crippen molar-refractivity contribution in [3.05, 3.63) is 28.2 Å². The molecule has 6 heteroatoms. The van der Waals surface area contributed by atoms with Gasteiger partial charge in [-0.25, -0.2) is 4.79 Å². The summed E-state index contributed by atoms with van der Waals surface area (Å²) in [5.41, 5.74) is 0.911. The van der Waals surface area contributed by atoms with Crippen molar-refractivity contribution in [2.75, 3.05) is 25.0 Å². The van der Waals surface area contributed by atoms with Crippen LogP contribution in [-0.4, -0.2) is 41.2 Å². The van der Waals surface area contributed by atoms with E-state index in [2.05, 4.69) is 15.5 Å². The van der Waals surface area contributed by atoms with Gasteiger partial charge in [-0.1, -0.05) is 6.42 Å². The standard InChI is InChI=1S/C16H26N4O2/c1-12-7-10-19(3)15(21)14(12)18-16(22)17-13(2)11-20-8-5-4-6-9-20/h7,10,13H,4-6,8-9,11H2,1-3H3,(H2,17,18,22). The number of nitrogens with one attached hydrogen (secondary N) is 2. The summed E-state index contributed by atoms with van der Waals surface area (Å²) in [4.78, 5) is 26.5. The van der Waals surface area contributed by atoms with Gasteiger partial charge in [0.2, 0.25) is 0 Å².